The molecule has 1 amide bonds. The summed E-state index contributed by atoms with van der Waals surface area (Å²) in [7, 11) is 0. The van der Waals surface area contributed by atoms with Gasteiger partial charge in [0.05, 0.1) is 0 Å². The van der Waals surface area contributed by atoms with Crippen molar-refractivity contribution in [2.45, 2.75) is 78.0 Å². The monoisotopic (exact) mass is 515 g/mol. The lowest BCUT2D eigenvalue weighted by Crippen LogP contribution is -2.58. The molecule has 0 aromatic carbocycles. The Bertz CT molecular complexity index is 1070. The zero-order valence-electron chi connectivity index (χ0n) is 21.8. The van der Waals surface area contributed by atoms with E-state index in [2.05, 4.69) is 0 Å². The second-order valence-electron chi connectivity index (χ2n) is 11.0. The summed E-state index contributed by atoms with van der Waals surface area (Å²) in [6.45, 7) is 7.73. The molecule has 0 radical (unpaired) electrons. The normalized spacial score (nSPS) is 30.1. The minimum atomic E-state index is -1.34. The van der Waals surface area contributed by atoms with Gasteiger partial charge in [-0.1, -0.05) is 57.6 Å². The van der Waals surface area contributed by atoms with Gasteiger partial charge in [-0.15, -0.1) is 0 Å². The Morgan fingerprint density at radius 1 is 1.11 bits per heavy atom. The maximum absolute atomic E-state index is 13.7. The van der Waals surface area contributed by atoms with E-state index in [1.165, 1.54) is 6.08 Å². The predicted octanol–water partition coefficient (Wildman–Crippen LogP) is 3.25. The number of hydrogen-bond donors (Lipinski definition) is 3. The van der Waals surface area contributed by atoms with Crippen molar-refractivity contribution >= 4 is 23.8 Å². The van der Waals surface area contributed by atoms with Crippen molar-refractivity contribution in [1.82, 2.24) is 4.90 Å². The lowest BCUT2D eigenvalue weighted by atomic mass is 9.49. The summed E-state index contributed by atoms with van der Waals surface area (Å²) >= 11 is 0. The number of esters is 1. The van der Waals surface area contributed by atoms with Crippen LogP contribution in [0.2, 0.25) is 0 Å². The fraction of sp³-hybridized carbons (Fsp3) is 0.571. The lowest BCUT2D eigenvalue weighted by Gasteiger charge is -2.57. The van der Waals surface area contributed by atoms with E-state index in [0.717, 1.165) is 17.7 Å². The Hall–Kier alpha value is -3.20. The minimum Gasteiger partial charge on any atom is -0.481 e. The first kappa shape index (κ1) is 28.4. The summed E-state index contributed by atoms with van der Waals surface area (Å²) in [4.78, 5) is 50.7. The lowest BCUT2D eigenvalue weighted by molar-refractivity contribution is -0.170. The summed E-state index contributed by atoms with van der Waals surface area (Å²) in [5, 5.41) is 30.4. The molecule has 0 aromatic rings. The number of nitrogens with zero attached hydrogens (tertiary/aromatic N) is 1. The standard InChI is InChI=1S/C28H37NO8/c1-5-6-7-8-9-11-20(32)37-23-22(33)17-16-29(18(26(35)36)12-13-19(30)31)25(34)21(17)28(4)15-10-14-27(2,3)24(23)28/h5-9,11,18,22-24,33H,10,12-16H2,1-4H3,(H,30,31)(H,35,36)/b6-5+,8-7+,11-9+/t18-,22+,23+,24-,28+/m0/s1. The molecule has 0 saturated heterocycles. The molecule has 3 rings (SSSR count). The summed E-state index contributed by atoms with van der Waals surface area (Å²) in [5.41, 5.74) is -0.386. The second-order valence-corrected chi connectivity index (χ2v) is 11.0. The topological polar surface area (TPSA) is 141 Å². The molecule has 1 fully saturated rings. The van der Waals surface area contributed by atoms with Gasteiger partial charge in [-0.25, -0.2) is 9.59 Å². The number of hydrogen-bond acceptors (Lipinski definition) is 6. The van der Waals surface area contributed by atoms with Crippen molar-refractivity contribution in [3.63, 3.8) is 0 Å². The number of carbonyl (C=O) groups is 4. The van der Waals surface area contributed by atoms with Crippen LogP contribution in [-0.4, -0.2) is 68.8 Å². The molecule has 2 aliphatic carbocycles. The average molecular weight is 516 g/mol. The van der Waals surface area contributed by atoms with Crippen LogP contribution in [0.15, 0.2) is 47.6 Å². The molecule has 3 aliphatic rings. The number of fused-ring (bicyclic) bond motifs is 2. The van der Waals surface area contributed by atoms with Crippen LogP contribution in [0.1, 0.15) is 59.8 Å². The molecule has 202 valence electrons. The predicted molar refractivity (Wildman–Crippen MR) is 135 cm³/mol. The summed E-state index contributed by atoms with van der Waals surface area (Å²) < 4.78 is 5.86. The fourth-order valence-corrected chi connectivity index (χ4v) is 6.62. The van der Waals surface area contributed by atoms with Crippen LogP contribution in [0, 0.1) is 16.7 Å². The first-order valence-corrected chi connectivity index (χ1v) is 12.7. The van der Waals surface area contributed by atoms with Crippen LogP contribution in [0.3, 0.4) is 0 Å². The number of carboxylic acids is 2. The number of ether oxygens (including phenoxy) is 1. The Morgan fingerprint density at radius 2 is 1.78 bits per heavy atom. The van der Waals surface area contributed by atoms with E-state index >= 15 is 0 Å². The third kappa shape index (κ3) is 5.56. The molecule has 1 saturated carbocycles. The van der Waals surface area contributed by atoms with Gasteiger partial charge in [-0.3, -0.25) is 9.59 Å². The largest absolute Gasteiger partial charge is 0.481 e. The molecular formula is C28H37NO8. The van der Waals surface area contributed by atoms with E-state index in [-0.39, 0.29) is 24.3 Å². The molecule has 9 heteroatoms. The molecule has 0 spiro atoms. The number of aliphatic carboxylic acids is 2. The van der Waals surface area contributed by atoms with Gasteiger partial charge in [-0.05, 0) is 37.2 Å². The molecule has 1 aliphatic heterocycles. The van der Waals surface area contributed by atoms with Crippen molar-refractivity contribution in [2.75, 3.05) is 6.54 Å². The van der Waals surface area contributed by atoms with Crippen molar-refractivity contribution in [2.24, 2.45) is 16.7 Å². The van der Waals surface area contributed by atoms with E-state index in [4.69, 9.17) is 9.84 Å². The zero-order valence-corrected chi connectivity index (χ0v) is 21.8. The Morgan fingerprint density at radius 3 is 2.41 bits per heavy atom. The Labute approximate surface area is 217 Å². The highest BCUT2D eigenvalue weighted by molar-refractivity contribution is 6.01. The van der Waals surface area contributed by atoms with Crippen molar-refractivity contribution < 1.29 is 39.2 Å². The number of allylic oxidation sites excluding steroid dienone is 5. The smallest absolute Gasteiger partial charge is 0.331 e. The van der Waals surface area contributed by atoms with Gasteiger partial charge in [0.25, 0.3) is 5.91 Å². The fourth-order valence-electron chi connectivity index (χ4n) is 6.62. The number of aliphatic hydroxyl groups is 1. The van der Waals surface area contributed by atoms with Gasteiger partial charge in [0.15, 0.2) is 0 Å². The maximum atomic E-state index is 13.7. The second kappa shape index (κ2) is 11.0. The number of rotatable bonds is 9. The molecule has 0 unspecified atom stereocenters. The zero-order chi connectivity index (χ0) is 27.5. The first-order chi connectivity index (χ1) is 17.3. The number of carboxylic acid groups (broad SMARTS) is 2. The van der Waals surface area contributed by atoms with Gasteiger partial charge in [0, 0.05) is 35.9 Å². The maximum Gasteiger partial charge on any atom is 0.331 e. The number of amides is 1. The summed E-state index contributed by atoms with van der Waals surface area (Å²) in [6, 6.07) is -1.34. The van der Waals surface area contributed by atoms with Crippen LogP contribution in [0.4, 0.5) is 0 Å². The molecular weight excluding hydrogens is 478 g/mol. The molecule has 5 atom stereocenters. The van der Waals surface area contributed by atoms with Crippen LogP contribution in [0.25, 0.3) is 0 Å². The molecule has 9 nitrogen and oxygen atoms in total. The molecule has 37 heavy (non-hydrogen) atoms. The first-order valence-electron chi connectivity index (χ1n) is 12.7. The third-order valence-corrected chi connectivity index (χ3v) is 8.05. The number of carbonyl (C=O) groups excluding carboxylic acids is 2. The highest BCUT2D eigenvalue weighted by Crippen LogP contribution is 2.61. The van der Waals surface area contributed by atoms with E-state index in [9.17, 15) is 29.4 Å². The quantitative estimate of drug-likeness (QED) is 0.241. The van der Waals surface area contributed by atoms with Gasteiger partial charge in [-0.2, -0.15) is 0 Å². The Kier molecular flexibility index (Phi) is 8.47. The number of aliphatic hydroxyl groups excluding tert-OH is 1. The van der Waals surface area contributed by atoms with E-state index < -0.39 is 53.9 Å². The van der Waals surface area contributed by atoms with Gasteiger partial charge < -0.3 is 25.0 Å². The van der Waals surface area contributed by atoms with E-state index in [1.807, 2.05) is 39.8 Å². The highest BCUT2D eigenvalue weighted by Gasteiger charge is 2.62. The van der Waals surface area contributed by atoms with E-state index in [0.29, 0.717) is 17.6 Å². The summed E-state index contributed by atoms with van der Waals surface area (Å²) in [6.07, 6.45) is 9.32. The van der Waals surface area contributed by atoms with Crippen molar-refractivity contribution in [3.05, 3.63) is 47.6 Å². The molecule has 1 heterocycles. The average Bonchev–Trinajstić information content (AvgIpc) is 3.14. The highest BCUT2D eigenvalue weighted by atomic mass is 16.6. The Balaban J connectivity index is 1.98. The van der Waals surface area contributed by atoms with E-state index in [1.54, 1.807) is 18.2 Å². The third-order valence-electron chi connectivity index (χ3n) is 8.05. The van der Waals surface area contributed by atoms with Crippen LogP contribution < -0.4 is 0 Å². The SMILES string of the molecule is C/C=C/C=C/C=C/C(=O)O[C@@H]1[C@H](O)C2=C(C(=O)N([C@@H](CCC(=O)O)C(=O)O)C2)[C@@]2(C)CCCC(C)(C)[C@H]12. The summed E-state index contributed by atoms with van der Waals surface area (Å²) in [5.74, 6) is -3.94. The van der Waals surface area contributed by atoms with Crippen LogP contribution >= 0.6 is 0 Å². The van der Waals surface area contributed by atoms with Crippen molar-refractivity contribution in [3.8, 4) is 0 Å². The van der Waals surface area contributed by atoms with Gasteiger partial charge in [0.2, 0.25) is 0 Å². The van der Waals surface area contributed by atoms with Gasteiger partial charge >= 0.3 is 17.9 Å². The van der Waals surface area contributed by atoms with Crippen molar-refractivity contribution in [1.29, 1.82) is 0 Å². The van der Waals surface area contributed by atoms with Gasteiger partial charge in [0.1, 0.15) is 18.2 Å². The molecule has 3 N–H and O–H groups in total. The van der Waals surface area contributed by atoms with Crippen LogP contribution in [0.5, 0.6) is 0 Å². The minimum absolute atomic E-state index is 0.148. The van der Waals surface area contributed by atoms with Crippen LogP contribution in [-0.2, 0) is 23.9 Å². The molecule has 0 aromatic heterocycles. The molecule has 0 bridgehead atoms.